The Kier molecular flexibility index (Phi) is 4.11. The highest BCUT2D eigenvalue weighted by molar-refractivity contribution is 4.86. The fourth-order valence-corrected chi connectivity index (χ4v) is 4.15. The molecule has 0 saturated heterocycles. The number of fused-ring (bicyclic) bond motifs is 1. The van der Waals surface area contributed by atoms with Gasteiger partial charge in [0.2, 0.25) is 0 Å². The molecule has 88 valence electrons. The van der Waals surface area contributed by atoms with Crippen LogP contribution >= 0.6 is 0 Å². The molecule has 0 nitrogen and oxygen atoms in total. The maximum atomic E-state index is 2.49. The summed E-state index contributed by atoms with van der Waals surface area (Å²) in [6, 6.07) is 0. The van der Waals surface area contributed by atoms with Crippen LogP contribution in [0.1, 0.15) is 71.6 Å². The summed E-state index contributed by atoms with van der Waals surface area (Å²) in [7, 11) is 0. The fourth-order valence-electron chi connectivity index (χ4n) is 4.15. The van der Waals surface area contributed by atoms with Gasteiger partial charge in [-0.1, -0.05) is 52.4 Å². The van der Waals surface area contributed by atoms with Gasteiger partial charge in [0.1, 0.15) is 0 Å². The van der Waals surface area contributed by atoms with E-state index in [-0.39, 0.29) is 0 Å². The van der Waals surface area contributed by atoms with Crippen molar-refractivity contribution in [2.24, 2.45) is 23.7 Å². The van der Waals surface area contributed by atoms with Crippen LogP contribution in [-0.2, 0) is 0 Å². The molecule has 0 heterocycles. The molecule has 0 aromatic rings. The van der Waals surface area contributed by atoms with Crippen molar-refractivity contribution in [2.45, 2.75) is 71.6 Å². The summed E-state index contributed by atoms with van der Waals surface area (Å²) in [6.07, 6.45) is 13.7. The molecule has 2 fully saturated rings. The van der Waals surface area contributed by atoms with Gasteiger partial charge in [-0.3, -0.25) is 0 Å². The van der Waals surface area contributed by atoms with Crippen LogP contribution in [0.3, 0.4) is 0 Å². The molecule has 4 atom stereocenters. The van der Waals surface area contributed by atoms with Crippen LogP contribution in [0.2, 0.25) is 0 Å². The van der Waals surface area contributed by atoms with Gasteiger partial charge in [-0.2, -0.15) is 0 Å². The molecule has 4 unspecified atom stereocenters. The van der Waals surface area contributed by atoms with E-state index in [0.717, 1.165) is 23.7 Å². The molecule has 0 N–H and O–H groups in total. The van der Waals surface area contributed by atoms with Crippen molar-refractivity contribution < 1.29 is 0 Å². The molecule has 0 heteroatoms. The van der Waals surface area contributed by atoms with Gasteiger partial charge in [-0.25, -0.2) is 0 Å². The van der Waals surface area contributed by atoms with E-state index in [4.69, 9.17) is 0 Å². The van der Waals surface area contributed by atoms with Crippen LogP contribution in [0.25, 0.3) is 0 Å². The summed E-state index contributed by atoms with van der Waals surface area (Å²) in [4.78, 5) is 0. The maximum absolute atomic E-state index is 2.49. The molecule has 2 saturated carbocycles. The average molecular weight is 208 g/mol. The molecule has 15 heavy (non-hydrogen) atoms. The standard InChI is InChI=1S/C15H28/c1-3-4-6-14-11-12(2)9-10-13-7-5-8-15(13)14/h12-15H,3-11H2,1-2H3. The van der Waals surface area contributed by atoms with Gasteiger partial charge in [-0.05, 0) is 42.9 Å². The highest BCUT2D eigenvalue weighted by atomic mass is 14.4. The second-order valence-electron chi connectivity index (χ2n) is 6.18. The van der Waals surface area contributed by atoms with E-state index < -0.39 is 0 Å². The molecule has 0 bridgehead atoms. The molecule has 0 aromatic carbocycles. The van der Waals surface area contributed by atoms with E-state index >= 15 is 0 Å². The predicted octanol–water partition coefficient (Wildman–Crippen LogP) is 5.03. The van der Waals surface area contributed by atoms with Crippen LogP contribution in [0, 0.1) is 23.7 Å². The first-order valence-corrected chi connectivity index (χ1v) is 7.31. The Morgan fingerprint density at radius 3 is 2.73 bits per heavy atom. The van der Waals surface area contributed by atoms with E-state index in [1.54, 1.807) is 25.7 Å². The summed E-state index contributed by atoms with van der Waals surface area (Å²) in [5.41, 5.74) is 0. The first-order valence-electron chi connectivity index (χ1n) is 7.31. The molecule has 0 radical (unpaired) electrons. The first kappa shape index (κ1) is 11.5. The Morgan fingerprint density at radius 2 is 1.93 bits per heavy atom. The Labute approximate surface area is 95.8 Å². The fraction of sp³-hybridized carbons (Fsp3) is 1.00. The lowest BCUT2D eigenvalue weighted by atomic mass is 9.79. The minimum absolute atomic E-state index is 1.01. The predicted molar refractivity (Wildman–Crippen MR) is 66.9 cm³/mol. The van der Waals surface area contributed by atoms with Crippen LogP contribution < -0.4 is 0 Å². The zero-order valence-corrected chi connectivity index (χ0v) is 10.7. The zero-order chi connectivity index (χ0) is 10.7. The van der Waals surface area contributed by atoms with E-state index in [9.17, 15) is 0 Å². The SMILES string of the molecule is CCCCC1CC(C)CCC2CCCC21. The number of rotatable bonds is 3. The highest BCUT2D eigenvalue weighted by Gasteiger charge is 2.35. The van der Waals surface area contributed by atoms with Gasteiger partial charge < -0.3 is 0 Å². The lowest BCUT2D eigenvalue weighted by Crippen LogP contribution is -2.17. The Hall–Kier alpha value is 0. The lowest BCUT2D eigenvalue weighted by molar-refractivity contribution is 0.237. The van der Waals surface area contributed by atoms with Gasteiger partial charge in [-0.15, -0.1) is 0 Å². The number of hydrogen-bond acceptors (Lipinski definition) is 0. The van der Waals surface area contributed by atoms with E-state index in [0.29, 0.717) is 0 Å². The normalized spacial score (nSPS) is 41.2. The number of unbranched alkanes of at least 4 members (excludes halogenated alkanes) is 1. The maximum Gasteiger partial charge on any atom is -0.0357 e. The molecular weight excluding hydrogens is 180 g/mol. The molecular formula is C15H28. The van der Waals surface area contributed by atoms with Crippen molar-refractivity contribution in [1.29, 1.82) is 0 Å². The molecule has 0 aromatic heterocycles. The molecule has 2 aliphatic rings. The van der Waals surface area contributed by atoms with E-state index in [1.165, 1.54) is 32.1 Å². The lowest BCUT2D eigenvalue weighted by Gasteiger charge is -2.26. The van der Waals surface area contributed by atoms with Crippen molar-refractivity contribution in [1.82, 2.24) is 0 Å². The summed E-state index contributed by atoms with van der Waals surface area (Å²) >= 11 is 0. The van der Waals surface area contributed by atoms with Crippen molar-refractivity contribution in [3.63, 3.8) is 0 Å². The summed E-state index contributed by atoms with van der Waals surface area (Å²) < 4.78 is 0. The molecule has 2 rings (SSSR count). The minimum atomic E-state index is 1.01. The van der Waals surface area contributed by atoms with Gasteiger partial charge in [0.25, 0.3) is 0 Å². The summed E-state index contributed by atoms with van der Waals surface area (Å²) in [5.74, 6) is 4.35. The van der Waals surface area contributed by atoms with Gasteiger partial charge in [0.05, 0.1) is 0 Å². The quantitative estimate of drug-likeness (QED) is 0.610. The highest BCUT2D eigenvalue weighted by Crippen LogP contribution is 2.46. The van der Waals surface area contributed by atoms with Crippen LogP contribution in [0.4, 0.5) is 0 Å². The van der Waals surface area contributed by atoms with E-state index in [1.807, 2.05) is 0 Å². The Balaban J connectivity index is 1.96. The summed E-state index contributed by atoms with van der Waals surface area (Å²) in [5, 5.41) is 0. The van der Waals surface area contributed by atoms with Crippen molar-refractivity contribution >= 4 is 0 Å². The van der Waals surface area contributed by atoms with Crippen molar-refractivity contribution in [3.05, 3.63) is 0 Å². The third kappa shape index (κ3) is 2.77. The van der Waals surface area contributed by atoms with E-state index in [2.05, 4.69) is 13.8 Å². The van der Waals surface area contributed by atoms with Gasteiger partial charge >= 0.3 is 0 Å². The molecule has 0 spiro atoms. The van der Waals surface area contributed by atoms with Crippen LogP contribution in [0.5, 0.6) is 0 Å². The number of hydrogen-bond donors (Lipinski definition) is 0. The Morgan fingerprint density at radius 1 is 1.07 bits per heavy atom. The smallest absolute Gasteiger partial charge is 0.0357 e. The van der Waals surface area contributed by atoms with Gasteiger partial charge in [0, 0.05) is 0 Å². The molecule has 0 aliphatic heterocycles. The average Bonchev–Trinajstić information content (AvgIpc) is 2.64. The third-order valence-electron chi connectivity index (χ3n) is 4.99. The van der Waals surface area contributed by atoms with Crippen LogP contribution in [0.15, 0.2) is 0 Å². The second kappa shape index (κ2) is 5.37. The second-order valence-corrected chi connectivity index (χ2v) is 6.18. The zero-order valence-electron chi connectivity index (χ0n) is 10.7. The third-order valence-corrected chi connectivity index (χ3v) is 4.99. The van der Waals surface area contributed by atoms with Crippen LogP contribution in [-0.4, -0.2) is 0 Å². The Bertz CT molecular complexity index is 184. The monoisotopic (exact) mass is 208 g/mol. The van der Waals surface area contributed by atoms with Crippen molar-refractivity contribution in [2.75, 3.05) is 0 Å². The molecule has 2 aliphatic carbocycles. The summed E-state index contributed by atoms with van der Waals surface area (Å²) in [6.45, 7) is 4.83. The molecule has 0 amide bonds. The minimum Gasteiger partial charge on any atom is -0.0654 e. The largest absolute Gasteiger partial charge is 0.0654 e. The first-order chi connectivity index (χ1) is 7.31. The topological polar surface area (TPSA) is 0 Å². The van der Waals surface area contributed by atoms with Gasteiger partial charge in [0.15, 0.2) is 0 Å². The van der Waals surface area contributed by atoms with Crippen molar-refractivity contribution in [3.8, 4) is 0 Å².